The lowest BCUT2D eigenvalue weighted by molar-refractivity contribution is -0.291. The highest BCUT2D eigenvalue weighted by molar-refractivity contribution is 5.23. The van der Waals surface area contributed by atoms with Crippen molar-refractivity contribution in [3.63, 3.8) is 0 Å². The van der Waals surface area contributed by atoms with Crippen molar-refractivity contribution >= 4 is 0 Å². The van der Waals surface area contributed by atoms with Crippen LogP contribution in [0.5, 0.6) is 0 Å². The fourth-order valence-electron chi connectivity index (χ4n) is 6.38. The van der Waals surface area contributed by atoms with Gasteiger partial charge < -0.3 is 15.9 Å². The molecule has 0 aromatic rings. The number of hydrogen-bond donors (Lipinski definition) is 3. The first kappa shape index (κ1) is 14.9. The Labute approximate surface area is 133 Å². The molecule has 4 aliphatic rings. The lowest BCUT2D eigenvalue weighted by atomic mass is 9.44. The lowest BCUT2D eigenvalue weighted by Crippen LogP contribution is -2.62. The molecule has 22 heavy (non-hydrogen) atoms. The van der Waals surface area contributed by atoms with Crippen LogP contribution in [0.2, 0.25) is 0 Å². The van der Waals surface area contributed by atoms with Gasteiger partial charge in [0.05, 0.1) is 0 Å². The quantitative estimate of drug-likeness (QED) is 0.476. The highest BCUT2D eigenvalue weighted by Crippen LogP contribution is 2.65. The third-order valence-corrected chi connectivity index (χ3v) is 8.01. The predicted molar refractivity (Wildman–Crippen MR) is 86.7 cm³/mol. The predicted octanol–water partition coefficient (Wildman–Crippen LogP) is 2.59. The summed E-state index contributed by atoms with van der Waals surface area (Å²) >= 11 is 0. The first-order valence-corrected chi connectivity index (χ1v) is 8.86. The monoisotopic (exact) mass is 303 g/mol. The maximum Gasteiger partial charge on any atom is 0.172 e. The fourth-order valence-corrected chi connectivity index (χ4v) is 6.38. The molecule has 0 aromatic heterocycles. The minimum atomic E-state index is -1.58. The zero-order valence-corrected chi connectivity index (χ0v) is 13.7. The van der Waals surface area contributed by atoms with Gasteiger partial charge in [0.1, 0.15) is 0 Å². The average molecular weight is 303 g/mol. The van der Waals surface area contributed by atoms with Crippen molar-refractivity contribution in [3.05, 3.63) is 24.3 Å². The lowest BCUT2D eigenvalue weighted by Gasteiger charge is -2.62. The summed E-state index contributed by atoms with van der Waals surface area (Å²) in [5.41, 5.74) is 6.11. The Morgan fingerprint density at radius 3 is 2.59 bits per heavy atom. The molecule has 0 aromatic carbocycles. The van der Waals surface area contributed by atoms with Gasteiger partial charge in [-0.25, -0.2) is 0 Å². The summed E-state index contributed by atoms with van der Waals surface area (Å²) in [4.78, 5) is 0. The Hall–Kier alpha value is -0.640. The van der Waals surface area contributed by atoms with E-state index < -0.39 is 11.2 Å². The molecule has 4 rings (SSSR count). The molecule has 2 fully saturated rings. The minimum absolute atomic E-state index is 0.156. The Morgan fingerprint density at radius 1 is 1.05 bits per heavy atom. The molecule has 122 valence electrons. The molecule has 0 bridgehead atoms. The van der Waals surface area contributed by atoms with Crippen molar-refractivity contribution in [3.8, 4) is 0 Å². The number of rotatable bonds is 0. The second kappa shape index (κ2) is 4.46. The molecule has 0 amide bonds. The molecule has 1 unspecified atom stereocenters. The zero-order valence-electron chi connectivity index (χ0n) is 13.7. The zero-order chi connectivity index (χ0) is 15.8. The average Bonchev–Trinajstić information content (AvgIpc) is 2.76. The van der Waals surface area contributed by atoms with Gasteiger partial charge in [0.15, 0.2) is 5.79 Å². The Morgan fingerprint density at radius 2 is 1.82 bits per heavy atom. The van der Waals surface area contributed by atoms with E-state index in [-0.39, 0.29) is 11.5 Å². The van der Waals surface area contributed by atoms with Gasteiger partial charge in [-0.3, -0.25) is 0 Å². The third kappa shape index (κ3) is 1.63. The van der Waals surface area contributed by atoms with E-state index >= 15 is 0 Å². The molecule has 2 saturated carbocycles. The molecule has 0 aliphatic heterocycles. The van der Waals surface area contributed by atoms with Crippen molar-refractivity contribution in [2.24, 2.45) is 40.2 Å². The van der Waals surface area contributed by atoms with E-state index in [2.05, 4.69) is 32.1 Å². The van der Waals surface area contributed by atoms with Gasteiger partial charge in [-0.2, -0.15) is 0 Å². The molecular weight excluding hydrogens is 274 g/mol. The smallest absolute Gasteiger partial charge is 0.172 e. The Balaban J connectivity index is 1.74. The molecule has 4 N–H and O–H groups in total. The van der Waals surface area contributed by atoms with E-state index in [1.165, 1.54) is 6.42 Å². The molecule has 0 spiro atoms. The first-order valence-electron chi connectivity index (χ1n) is 8.86. The molecule has 3 heteroatoms. The summed E-state index contributed by atoms with van der Waals surface area (Å²) in [6.45, 7) is 4.46. The molecule has 0 heterocycles. The molecule has 3 nitrogen and oxygen atoms in total. The SMILES string of the molecule is C[C@]12CC[C@H]3[C@@H](CCC4C=CCC(O)(O)[C@@]43C)[C@@H]1C=C[C@@H]2N. The van der Waals surface area contributed by atoms with Crippen LogP contribution in [0.15, 0.2) is 24.3 Å². The Kier molecular flexibility index (Phi) is 3.03. The number of allylic oxidation sites excluding steroid dienone is 2. The van der Waals surface area contributed by atoms with E-state index in [1.807, 2.05) is 6.08 Å². The summed E-state index contributed by atoms with van der Waals surface area (Å²) < 4.78 is 0. The highest BCUT2D eigenvalue weighted by Gasteiger charge is 2.63. The van der Waals surface area contributed by atoms with Crippen LogP contribution in [0.25, 0.3) is 0 Å². The van der Waals surface area contributed by atoms with Gasteiger partial charge in [-0.05, 0) is 54.8 Å². The number of nitrogens with two attached hydrogens (primary N) is 1. The molecule has 0 saturated heterocycles. The summed E-state index contributed by atoms with van der Waals surface area (Å²) in [6, 6.07) is 0.156. The molecular formula is C19H29NO2. The summed E-state index contributed by atoms with van der Waals surface area (Å²) in [6.07, 6.45) is 13.5. The number of hydrogen-bond acceptors (Lipinski definition) is 3. The third-order valence-electron chi connectivity index (χ3n) is 8.01. The van der Waals surface area contributed by atoms with Crippen LogP contribution < -0.4 is 5.73 Å². The normalized spacial score (nSPS) is 55.4. The number of fused-ring (bicyclic) bond motifs is 5. The highest BCUT2D eigenvalue weighted by atomic mass is 16.5. The first-order chi connectivity index (χ1) is 10.3. The fraction of sp³-hybridized carbons (Fsp3) is 0.789. The van der Waals surface area contributed by atoms with E-state index in [9.17, 15) is 10.2 Å². The van der Waals surface area contributed by atoms with Crippen LogP contribution in [0.4, 0.5) is 0 Å². The topological polar surface area (TPSA) is 66.5 Å². The van der Waals surface area contributed by atoms with Gasteiger partial charge in [-0.15, -0.1) is 0 Å². The summed E-state index contributed by atoms with van der Waals surface area (Å²) in [5, 5.41) is 21.6. The van der Waals surface area contributed by atoms with Gasteiger partial charge in [0.25, 0.3) is 0 Å². The van der Waals surface area contributed by atoms with Crippen molar-refractivity contribution in [2.45, 2.75) is 57.8 Å². The van der Waals surface area contributed by atoms with Crippen molar-refractivity contribution in [2.75, 3.05) is 0 Å². The van der Waals surface area contributed by atoms with Gasteiger partial charge >= 0.3 is 0 Å². The largest absolute Gasteiger partial charge is 0.365 e. The molecule has 7 atom stereocenters. The maximum atomic E-state index is 10.8. The van der Waals surface area contributed by atoms with E-state index in [0.29, 0.717) is 30.1 Å². The van der Waals surface area contributed by atoms with Crippen LogP contribution in [-0.4, -0.2) is 22.0 Å². The maximum absolute atomic E-state index is 10.8. The van der Waals surface area contributed by atoms with Crippen LogP contribution in [0.1, 0.15) is 46.0 Å². The minimum Gasteiger partial charge on any atom is -0.365 e. The standard InChI is InChI=1S/C19H29NO2/c1-17-11-9-15-13(14(17)7-8-16(17)20)6-5-12-4-3-10-19(21,22)18(12,15)2/h3-4,7-8,12-16,21-22H,5-6,9-11,20H2,1-2H3/t12?,13-,14-,15-,16-,17-,18-/m0/s1. The van der Waals surface area contributed by atoms with Crippen LogP contribution in [0.3, 0.4) is 0 Å². The van der Waals surface area contributed by atoms with E-state index in [4.69, 9.17) is 5.73 Å². The van der Waals surface area contributed by atoms with E-state index in [1.54, 1.807) is 0 Å². The second-order valence-corrected chi connectivity index (χ2v) is 8.67. The summed E-state index contributed by atoms with van der Waals surface area (Å²) in [5.74, 6) is 0.129. The van der Waals surface area contributed by atoms with Crippen molar-refractivity contribution in [1.82, 2.24) is 0 Å². The molecule has 0 radical (unpaired) electrons. The van der Waals surface area contributed by atoms with Crippen LogP contribution in [0, 0.1) is 34.5 Å². The number of aliphatic hydroxyl groups is 2. The van der Waals surface area contributed by atoms with Gasteiger partial charge in [-0.1, -0.05) is 38.2 Å². The van der Waals surface area contributed by atoms with E-state index in [0.717, 1.165) is 19.3 Å². The Bertz CT molecular complexity index is 540. The van der Waals surface area contributed by atoms with Crippen LogP contribution in [-0.2, 0) is 0 Å². The second-order valence-electron chi connectivity index (χ2n) is 8.67. The van der Waals surface area contributed by atoms with Gasteiger partial charge in [0, 0.05) is 17.9 Å². The molecule has 4 aliphatic carbocycles. The van der Waals surface area contributed by atoms with Crippen molar-refractivity contribution in [1.29, 1.82) is 0 Å². The van der Waals surface area contributed by atoms with Crippen molar-refractivity contribution < 1.29 is 10.2 Å². The van der Waals surface area contributed by atoms with Crippen LogP contribution >= 0.6 is 0 Å². The van der Waals surface area contributed by atoms with Gasteiger partial charge in [0.2, 0.25) is 0 Å². The summed E-state index contributed by atoms with van der Waals surface area (Å²) in [7, 11) is 0.